The van der Waals surface area contributed by atoms with E-state index >= 15 is 0 Å². The van der Waals surface area contributed by atoms with E-state index in [0.717, 1.165) is 31.4 Å². The largest absolute Gasteiger partial charge is 0.477 e. The number of ether oxygens (including phenoxy) is 1. The number of halogens is 4. The average molecular weight is 684 g/mol. The third-order valence-electron chi connectivity index (χ3n) is 8.28. The summed E-state index contributed by atoms with van der Waals surface area (Å²) in [5.74, 6) is -1.28. The van der Waals surface area contributed by atoms with E-state index in [1.807, 2.05) is 11.6 Å². The summed E-state index contributed by atoms with van der Waals surface area (Å²) in [5.41, 5.74) is 0.734. The lowest BCUT2D eigenvalue weighted by atomic mass is 9.94. The van der Waals surface area contributed by atoms with Gasteiger partial charge in [-0.25, -0.2) is 19.4 Å². The zero-order chi connectivity index (χ0) is 33.3. The van der Waals surface area contributed by atoms with Crippen LogP contribution in [0.4, 0.5) is 19.0 Å². The van der Waals surface area contributed by atoms with Crippen molar-refractivity contribution in [2.45, 2.75) is 69.6 Å². The Labute approximate surface area is 270 Å². The fourth-order valence-electron chi connectivity index (χ4n) is 5.67. The predicted molar refractivity (Wildman–Crippen MR) is 166 cm³/mol. The Balaban J connectivity index is 1.14. The molecule has 11 nitrogen and oxygen atoms in total. The van der Waals surface area contributed by atoms with E-state index in [4.69, 9.17) is 16.3 Å². The maximum Gasteiger partial charge on any atom is 0.392 e. The molecule has 3 N–H and O–H groups in total. The van der Waals surface area contributed by atoms with E-state index in [2.05, 4.69) is 39.5 Å². The minimum absolute atomic E-state index is 0.0837. The maximum absolute atomic E-state index is 13.1. The fraction of sp³-hybridized carbons (Fsp3) is 0.533. The Morgan fingerprint density at radius 1 is 1.17 bits per heavy atom. The minimum atomic E-state index is -4.34. The molecule has 46 heavy (non-hydrogen) atoms. The molecule has 3 aromatic heterocycles. The number of hydrogen-bond acceptors (Lipinski definition) is 9. The number of nitrogens with one attached hydrogen (secondary N) is 3. The van der Waals surface area contributed by atoms with E-state index in [-0.39, 0.29) is 52.4 Å². The topological polar surface area (TPSA) is 140 Å². The number of aryl methyl sites for hydroxylation is 1. The summed E-state index contributed by atoms with van der Waals surface area (Å²) in [6, 6.07) is 7.18. The number of anilines is 1. The van der Waals surface area contributed by atoms with Gasteiger partial charge in [-0.15, -0.1) is 5.10 Å². The molecule has 1 saturated heterocycles. The van der Waals surface area contributed by atoms with Gasteiger partial charge in [-0.1, -0.05) is 17.7 Å². The number of sulfonamides is 1. The zero-order valence-corrected chi connectivity index (χ0v) is 27.3. The Morgan fingerprint density at radius 3 is 2.63 bits per heavy atom. The van der Waals surface area contributed by atoms with Crippen LogP contribution in [0, 0.1) is 24.7 Å². The van der Waals surface area contributed by atoms with Crippen molar-refractivity contribution in [1.29, 1.82) is 0 Å². The highest BCUT2D eigenvalue weighted by Gasteiger charge is 2.55. The van der Waals surface area contributed by atoms with Crippen LogP contribution >= 0.6 is 11.6 Å². The van der Waals surface area contributed by atoms with E-state index < -0.39 is 33.9 Å². The smallest absolute Gasteiger partial charge is 0.392 e. The molecule has 4 heterocycles. The van der Waals surface area contributed by atoms with Gasteiger partial charge in [-0.2, -0.15) is 21.6 Å². The summed E-state index contributed by atoms with van der Waals surface area (Å²) in [7, 11) is -4.34. The van der Waals surface area contributed by atoms with Gasteiger partial charge in [0, 0.05) is 24.3 Å². The van der Waals surface area contributed by atoms with Crippen molar-refractivity contribution in [2.75, 3.05) is 25.0 Å². The van der Waals surface area contributed by atoms with E-state index in [1.54, 1.807) is 6.07 Å². The van der Waals surface area contributed by atoms with Gasteiger partial charge in [-0.05, 0) is 95.0 Å². The molecule has 250 valence electrons. The highest BCUT2D eigenvalue weighted by atomic mass is 35.5. The summed E-state index contributed by atoms with van der Waals surface area (Å²) >= 11 is 6.25. The Hall–Kier alpha value is -3.43. The van der Waals surface area contributed by atoms with E-state index in [0.29, 0.717) is 18.3 Å². The predicted octanol–water partition coefficient (Wildman–Crippen LogP) is 5.29. The normalized spacial score (nSPS) is 20.8. The number of carbonyl (C=O) groups excluding carboxylic acids is 1. The number of rotatable bonds is 13. The van der Waals surface area contributed by atoms with E-state index in [1.165, 1.54) is 35.1 Å². The fourth-order valence-corrected chi connectivity index (χ4v) is 6.83. The molecule has 3 unspecified atom stereocenters. The highest BCUT2D eigenvalue weighted by Crippen LogP contribution is 2.51. The van der Waals surface area contributed by atoms with Gasteiger partial charge < -0.3 is 15.4 Å². The summed E-state index contributed by atoms with van der Waals surface area (Å²) in [4.78, 5) is 21.3. The van der Waals surface area contributed by atoms with Crippen molar-refractivity contribution in [2.24, 2.45) is 17.8 Å². The van der Waals surface area contributed by atoms with Crippen LogP contribution in [0.3, 0.4) is 0 Å². The molecule has 1 aliphatic heterocycles. The van der Waals surface area contributed by atoms with Crippen LogP contribution < -0.4 is 20.1 Å². The molecule has 0 spiro atoms. The van der Waals surface area contributed by atoms with Gasteiger partial charge in [-0.3, -0.25) is 4.79 Å². The lowest BCUT2D eigenvalue weighted by Gasteiger charge is -2.17. The number of nitrogens with zero attached hydrogens (tertiary/aromatic N) is 4. The average Bonchev–Trinajstić information content (AvgIpc) is 3.47. The third-order valence-corrected chi connectivity index (χ3v) is 9.80. The third kappa shape index (κ3) is 8.48. The Bertz CT molecular complexity index is 1680. The molecule has 0 bridgehead atoms. The number of alkyl halides is 3. The second-order valence-electron chi connectivity index (χ2n) is 12.5. The molecule has 5 rings (SSSR count). The summed E-state index contributed by atoms with van der Waals surface area (Å²) in [6.07, 6.45) is 0.761. The van der Waals surface area contributed by atoms with Gasteiger partial charge >= 0.3 is 6.18 Å². The first-order chi connectivity index (χ1) is 21.6. The Morgan fingerprint density at radius 2 is 1.96 bits per heavy atom. The monoisotopic (exact) mass is 683 g/mol. The van der Waals surface area contributed by atoms with Crippen molar-refractivity contribution in [3.8, 4) is 11.7 Å². The molecule has 3 aromatic rings. The molecule has 16 heteroatoms. The lowest BCUT2D eigenvalue weighted by Crippen LogP contribution is -2.31. The number of aromatic nitrogens is 4. The molecule has 3 atom stereocenters. The molecule has 2 aliphatic rings. The SMILES string of the molecule is Cc1ccc(S(=O)(=O)NC(=O)c2ccc(-n3ccc(OCCC4CC4C(F)(F)F)n3)nc2Cl)nc1NCCCC1CNC(C)(C)C1. The van der Waals surface area contributed by atoms with Crippen LogP contribution in [0.25, 0.3) is 5.82 Å². The first-order valence-corrected chi connectivity index (χ1v) is 16.9. The van der Waals surface area contributed by atoms with Crippen LogP contribution in [-0.4, -0.2) is 65.5 Å². The highest BCUT2D eigenvalue weighted by molar-refractivity contribution is 7.90. The molecule has 1 aliphatic carbocycles. The molecule has 0 radical (unpaired) electrons. The number of pyridine rings is 2. The Kier molecular flexibility index (Phi) is 9.85. The second kappa shape index (κ2) is 13.4. The maximum atomic E-state index is 13.1. The molecule has 1 saturated carbocycles. The van der Waals surface area contributed by atoms with Gasteiger partial charge in [0.05, 0.1) is 18.1 Å². The van der Waals surface area contributed by atoms with Crippen molar-refractivity contribution in [1.82, 2.24) is 29.8 Å². The van der Waals surface area contributed by atoms with Crippen LogP contribution in [0.1, 0.15) is 61.9 Å². The molecule has 2 fully saturated rings. The first-order valence-electron chi connectivity index (χ1n) is 15.1. The minimum Gasteiger partial charge on any atom is -0.477 e. The molecular weight excluding hydrogens is 647 g/mol. The summed E-state index contributed by atoms with van der Waals surface area (Å²) in [6.45, 7) is 7.90. The lowest BCUT2D eigenvalue weighted by molar-refractivity contribution is -0.151. The number of carbonyl (C=O) groups is 1. The van der Waals surface area contributed by atoms with Gasteiger partial charge in [0.1, 0.15) is 11.0 Å². The van der Waals surface area contributed by atoms with Gasteiger partial charge in [0.2, 0.25) is 5.88 Å². The van der Waals surface area contributed by atoms with Crippen LogP contribution in [0.5, 0.6) is 5.88 Å². The van der Waals surface area contributed by atoms with Crippen molar-refractivity contribution < 1.29 is 31.1 Å². The van der Waals surface area contributed by atoms with Crippen LogP contribution in [-0.2, 0) is 10.0 Å². The summed E-state index contributed by atoms with van der Waals surface area (Å²) < 4.78 is 73.0. The molecule has 0 aromatic carbocycles. The second-order valence-corrected chi connectivity index (χ2v) is 14.5. The molecule has 1 amide bonds. The number of amides is 1. The van der Waals surface area contributed by atoms with Crippen LogP contribution in [0.2, 0.25) is 5.15 Å². The summed E-state index contributed by atoms with van der Waals surface area (Å²) in [5, 5.41) is 10.3. The quantitative estimate of drug-likeness (QED) is 0.162. The molecular formula is C30H37ClF3N7O4S. The van der Waals surface area contributed by atoms with Crippen molar-refractivity contribution in [3.05, 3.63) is 52.8 Å². The van der Waals surface area contributed by atoms with E-state index in [9.17, 15) is 26.4 Å². The van der Waals surface area contributed by atoms with Crippen LogP contribution in [0.15, 0.2) is 41.6 Å². The van der Waals surface area contributed by atoms with Gasteiger partial charge in [0.15, 0.2) is 10.8 Å². The first kappa shape index (κ1) is 33.9. The van der Waals surface area contributed by atoms with Gasteiger partial charge in [0.25, 0.3) is 15.9 Å². The zero-order valence-electron chi connectivity index (χ0n) is 25.7. The van der Waals surface area contributed by atoms with Crippen molar-refractivity contribution in [3.63, 3.8) is 0 Å². The number of hydrogen-bond donors (Lipinski definition) is 3. The van der Waals surface area contributed by atoms with Crippen molar-refractivity contribution >= 4 is 33.3 Å². The standard InChI is InChI=1S/C30H37ClF3N7O4S/c1-18-6-9-25(38-27(18)35-12-4-5-19-16-29(2,3)36-17-19)46(43,44)40-28(42)21-7-8-23(37-26(21)31)41-13-10-24(39-41)45-14-11-20-15-22(20)30(32,33)34/h6-10,13,19-20,22,36H,4-5,11-12,14-17H2,1-3H3,(H,35,38)(H,40,42).